The van der Waals surface area contributed by atoms with E-state index in [0.717, 1.165) is 10.2 Å². The molecule has 2 aromatic carbocycles. The van der Waals surface area contributed by atoms with Crippen LogP contribution in [-0.2, 0) is 0 Å². The molecule has 0 aliphatic rings. The lowest BCUT2D eigenvalue weighted by Gasteiger charge is -2.10. The number of anilines is 3. The minimum absolute atomic E-state index is 0.369. The average molecular weight is 360 g/mol. The van der Waals surface area contributed by atoms with Crippen molar-refractivity contribution in [2.75, 3.05) is 11.1 Å². The second-order valence-electron chi connectivity index (χ2n) is 3.49. The smallest absolute Gasteiger partial charge is 0.139 e. The van der Waals surface area contributed by atoms with Gasteiger partial charge in [-0.3, -0.25) is 0 Å². The Morgan fingerprint density at radius 2 is 1.71 bits per heavy atom. The van der Waals surface area contributed by atoms with Crippen LogP contribution in [0.25, 0.3) is 0 Å². The van der Waals surface area contributed by atoms with Crippen molar-refractivity contribution < 1.29 is 4.39 Å². The number of nitrogens with one attached hydrogen (secondary N) is 1. The summed E-state index contributed by atoms with van der Waals surface area (Å²) < 4.78 is 14.6. The van der Waals surface area contributed by atoms with Gasteiger partial charge in [-0.2, -0.15) is 0 Å². The van der Waals surface area contributed by atoms with Crippen LogP contribution in [0.2, 0.25) is 0 Å². The zero-order valence-electron chi connectivity index (χ0n) is 8.68. The van der Waals surface area contributed by atoms with Crippen molar-refractivity contribution in [1.29, 1.82) is 0 Å². The van der Waals surface area contributed by atoms with Crippen LogP contribution in [0.1, 0.15) is 0 Å². The van der Waals surface area contributed by atoms with Crippen molar-refractivity contribution in [3.8, 4) is 0 Å². The van der Waals surface area contributed by atoms with Gasteiger partial charge < -0.3 is 11.1 Å². The van der Waals surface area contributed by atoms with Crippen molar-refractivity contribution in [2.24, 2.45) is 0 Å². The first-order valence-corrected chi connectivity index (χ1v) is 6.42. The van der Waals surface area contributed by atoms with Crippen LogP contribution in [-0.4, -0.2) is 0 Å². The molecular weight excluding hydrogens is 351 g/mol. The third-order valence-corrected chi connectivity index (χ3v) is 3.35. The van der Waals surface area contributed by atoms with Gasteiger partial charge in [-0.05, 0) is 46.3 Å². The van der Waals surface area contributed by atoms with Crippen molar-refractivity contribution in [3.05, 3.63) is 51.2 Å². The predicted octanol–water partition coefficient (Wildman–Crippen LogP) is 4.68. The van der Waals surface area contributed by atoms with Gasteiger partial charge >= 0.3 is 0 Å². The Bertz CT molecular complexity index is 541. The van der Waals surface area contributed by atoms with E-state index in [1.165, 1.54) is 6.07 Å². The summed E-state index contributed by atoms with van der Waals surface area (Å²) >= 11 is 6.48. The third-order valence-electron chi connectivity index (χ3n) is 2.22. The molecule has 5 heteroatoms. The van der Waals surface area contributed by atoms with Crippen LogP contribution < -0.4 is 11.1 Å². The van der Waals surface area contributed by atoms with Crippen molar-refractivity contribution in [2.45, 2.75) is 0 Å². The molecule has 0 aliphatic heterocycles. The molecule has 0 saturated heterocycles. The van der Waals surface area contributed by atoms with Crippen LogP contribution in [0, 0.1) is 5.82 Å². The van der Waals surface area contributed by atoms with Gasteiger partial charge in [-0.1, -0.05) is 15.9 Å². The van der Waals surface area contributed by atoms with E-state index in [-0.39, 0.29) is 5.82 Å². The van der Waals surface area contributed by atoms with Gasteiger partial charge in [-0.25, -0.2) is 4.39 Å². The summed E-state index contributed by atoms with van der Waals surface area (Å²) in [6.45, 7) is 0. The molecule has 0 spiro atoms. The van der Waals surface area contributed by atoms with E-state index in [0.29, 0.717) is 15.8 Å². The highest BCUT2D eigenvalue weighted by atomic mass is 79.9. The largest absolute Gasteiger partial charge is 0.397 e. The lowest BCUT2D eigenvalue weighted by atomic mass is 10.2. The summed E-state index contributed by atoms with van der Waals surface area (Å²) in [5, 5.41) is 3.12. The number of hydrogen-bond donors (Lipinski definition) is 2. The molecular formula is C12H9Br2FN2. The first-order chi connectivity index (χ1) is 8.06. The Morgan fingerprint density at radius 1 is 1.06 bits per heavy atom. The summed E-state index contributed by atoms with van der Waals surface area (Å²) in [4.78, 5) is 0. The minimum Gasteiger partial charge on any atom is -0.397 e. The van der Waals surface area contributed by atoms with Crippen LogP contribution in [0.4, 0.5) is 21.5 Å². The van der Waals surface area contributed by atoms with Gasteiger partial charge in [0.05, 0.1) is 15.8 Å². The molecule has 0 aliphatic carbocycles. The molecule has 0 heterocycles. The van der Waals surface area contributed by atoms with Gasteiger partial charge in [0, 0.05) is 16.2 Å². The van der Waals surface area contributed by atoms with E-state index in [4.69, 9.17) is 5.73 Å². The minimum atomic E-state index is -0.371. The Balaban J connectivity index is 2.30. The number of halogens is 3. The Morgan fingerprint density at radius 3 is 2.35 bits per heavy atom. The first-order valence-electron chi connectivity index (χ1n) is 4.83. The standard InChI is InChI=1S/C12H9Br2FN2/c13-7-1-3-8(4-2-7)17-12-5-9(14)10(15)6-11(12)16/h1-6,17H,16H2. The molecule has 0 radical (unpaired) electrons. The van der Waals surface area contributed by atoms with E-state index >= 15 is 0 Å². The van der Waals surface area contributed by atoms with Gasteiger partial charge in [0.2, 0.25) is 0 Å². The molecule has 0 amide bonds. The van der Waals surface area contributed by atoms with E-state index in [2.05, 4.69) is 37.2 Å². The number of nitrogen functional groups attached to an aromatic ring is 1. The Hall–Kier alpha value is -1.07. The van der Waals surface area contributed by atoms with Gasteiger partial charge in [0.1, 0.15) is 5.82 Å². The first kappa shape index (κ1) is 12.4. The van der Waals surface area contributed by atoms with Crippen LogP contribution in [0.15, 0.2) is 45.3 Å². The number of rotatable bonds is 2. The van der Waals surface area contributed by atoms with E-state index < -0.39 is 0 Å². The van der Waals surface area contributed by atoms with Crippen molar-refractivity contribution in [1.82, 2.24) is 0 Å². The molecule has 2 nitrogen and oxygen atoms in total. The fraction of sp³-hybridized carbons (Fsp3) is 0. The summed E-state index contributed by atoms with van der Waals surface area (Å²) in [7, 11) is 0. The average Bonchev–Trinajstić information content (AvgIpc) is 2.29. The zero-order chi connectivity index (χ0) is 12.4. The van der Waals surface area contributed by atoms with Crippen LogP contribution in [0.3, 0.4) is 0 Å². The van der Waals surface area contributed by atoms with Gasteiger partial charge in [0.25, 0.3) is 0 Å². The molecule has 0 saturated carbocycles. The van der Waals surface area contributed by atoms with E-state index in [1.54, 1.807) is 6.07 Å². The second kappa shape index (κ2) is 5.06. The quantitative estimate of drug-likeness (QED) is 0.764. The SMILES string of the molecule is Nc1cc(F)c(Br)cc1Nc1ccc(Br)cc1. The molecule has 2 aromatic rings. The second-order valence-corrected chi connectivity index (χ2v) is 5.26. The summed E-state index contributed by atoms with van der Waals surface area (Å²) in [6, 6.07) is 10.5. The topological polar surface area (TPSA) is 38.0 Å². The molecule has 0 bridgehead atoms. The Kier molecular flexibility index (Phi) is 3.69. The number of nitrogens with two attached hydrogens (primary N) is 1. The molecule has 2 rings (SSSR count). The molecule has 0 aromatic heterocycles. The fourth-order valence-corrected chi connectivity index (χ4v) is 1.97. The van der Waals surface area contributed by atoms with Crippen molar-refractivity contribution in [3.63, 3.8) is 0 Å². The van der Waals surface area contributed by atoms with Crippen LogP contribution in [0.5, 0.6) is 0 Å². The maximum absolute atomic E-state index is 13.2. The van der Waals surface area contributed by atoms with Crippen molar-refractivity contribution >= 4 is 48.9 Å². The molecule has 0 unspecified atom stereocenters. The normalized spacial score (nSPS) is 10.3. The van der Waals surface area contributed by atoms with E-state index in [9.17, 15) is 4.39 Å². The lowest BCUT2D eigenvalue weighted by Crippen LogP contribution is -1.97. The highest BCUT2D eigenvalue weighted by Gasteiger charge is 2.06. The highest BCUT2D eigenvalue weighted by Crippen LogP contribution is 2.29. The predicted molar refractivity (Wildman–Crippen MR) is 75.9 cm³/mol. The molecule has 88 valence electrons. The summed E-state index contributed by atoms with van der Waals surface area (Å²) in [5.74, 6) is -0.371. The van der Waals surface area contributed by atoms with Gasteiger partial charge in [-0.15, -0.1) is 0 Å². The summed E-state index contributed by atoms with van der Waals surface area (Å²) in [5.41, 5.74) is 7.66. The lowest BCUT2D eigenvalue weighted by molar-refractivity contribution is 0.622. The zero-order valence-corrected chi connectivity index (χ0v) is 11.8. The van der Waals surface area contributed by atoms with Gasteiger partial charge in [0.15, 0.2) is 0 Å². The third kappa shape index (κ3) is 2.98. The maximum atomic E-state index is 13.2. The number of hydrogen-bond acceptors (Lipinski definition) is 2. The fourth-order valence-electron chi connectivity index (χ4n) is 1.36. The Labute approximate surface area is 115 Å². The molecule has 0 atom stereocenters. The number of benzene rings is 2. The maximum Gasteiger partial charge on any atom is 0.139 e. The monoisotopic (exact) mass is 358 g/mol. The highest BCUT2D eigenvalue weighted by molar-refractivity contribution is 9.10. The van der Waals surface area contributed by atoms with E-state index in [1.807, 2.05) is 24.3 Å². The molecule has 0 fully saturated rings. The molecule has 3 N–H and O–H groups in total. The summed E-state index contributed by atoms with van der Waals surface area (Å²) in [6.07, 6.45) is 0. The molecule has 17 heavy (non-hydrogen) atoms. The van der Waals surface area contributed by atoms with Crippen LogP contribution >= 0.6 is 31.9 Å².